The summed E-state index contributed by atoms with van der Waals surface area (Å²) in [6, 6.07) is 43.0. The Hall–Kier alpha value is -10.7. The van der Waals surface area contributed by atoms with Crippen molar-refractivity contribution in [3.05, 3.63) is 217 Å². The number of aromatic nitrogens is 8. The van der Waals surface area contributed by atoms with Crippen LogP contribution in [0.25, 0.3) is 78.3 Å². The SMILES string of the molecule is CC(=O)CC#N.CC(=O)c1c(-c2nc3ccccc3[nH]2)csc1CC(=O)c1cccc(F)c1.CC(=O)c1c(-c2nc3ccccc3[nH]2)csc1N.CC(=O)c1nc2ccccc2[nH]1.O=C(Cc1scc(-c2nc3ccccc3[nH]2)c1C(=O)O)c1cccc(F)c1.S. The Kier molecular flexibility index (Phi) is 21.8. The molecular formula is C67H54F2N10O8S4. The second-order valence-corrected chi connectivity index (χ2v) is 22.8. The zero-order chi connectivity index (χ0) is 64.2. The smallest absolute Gasteiger partial charge is 0.337 e. The Morgan fingerprint density at radius 1 is 0.495 bits per heavy atom. The quantitative estimate of drug-likeness (QED) is 0.0552. The summed E-state index contributed by atoms with van der Waals surface area (Å²) in [7, 11) is 0. The molecule has 0 radical (unpaired) electrons. The van der Waals surface area contributed by atoms with Gasteiger partial charge in [0.1, 0.15) is 34.9 Å². The first-order chi connectivity index (χ1) is 43.3. The lowest BCUT2D eigenvalue weighted by atomic mass is 10.0. The molecule has 0 aliphatic heterocycles. The number of carboxylic acids is 1. The standard InChI is InChI=1S/C21H15FN2O2S.C20H13FN2O3S.C13H11N3OS.C9H8N2O.C4H5NO.H2S/c1-12(25)20-15(21-23-16-7-2-3-8-17(16)24-21)11-27-19(20)10-18(26)13-5-4-6-14(22)9-13;21-12-5-3-4-11(8-12)16(24)9-17-18(20(25)26)13(10-27-17)19-22-14-6-1-2-7-15(14)23-19;1-7(17)11-8(6-18-12(11)14)13-15-9-4-2-3-5-10(9)16-13;1-6(12)9-10-7-4-2-3-5-8(7)11-9;1-4(6)2-3-5;/h2-9,11H,10H2,1H3,(H,23,24);1-8,10H,9H2,(H,22,23)(H,25,26);2-6H,14H2,1H3,(H,15,16);2-5H,1H3,(H,10,11);2H2,1H3;1H2. The van der Waals surface area contributed by atoms with Gasteiger partial charge in [-0.3, -0.25) is 28.8 Å². The number of aromatic carboxylic acids is 1. The Labute approximate surface area is 536 Å². The summed E-state index contributed by atoms with van der Waals surface area (Å²) < 4.78 is 26.7. The lowest BCUT2D eigenvalue weighted by Crippen LogP contribution is -2.07. The van der Waals surface area contributed by atoms with Gasteiger partial charge in [-0.2, -0.15) is 18.8 Å². The number of nitrogens with one attached hydrogen (secondary N) is 4. The fraction of sp³-hybridized carbons (Fsp3) is 0.104. The van der Waals surface area contributed by atoms with E-state index in [4.69, 9.17) is 11.0 Å². The number of nitrogen functional groups attached to an aromatic ring is 1. The number of carbonyl (C=O) groups excluding carboxylic acids is 6. The highest BCUT2D eigenvalue weighted by molar-refractivity contribution is 7.59. The second kappa shape index (κ2) is 30.0. The fourth-order valence-corrected chi connectivity index (χ4v) is 12.2. The Balaban J connectivity index is 0.000000156. The van der Waals surface area contributed by atoms with Crippen molar-refractivity contribution in [2.75, 3.05) is 5.73 Å². The molecule has 0 aliphatic carbocycles. The topological polar surface area (TPSA) is 304 Å². The van der Waals surface area contributed by atoms with Crippen LogP contribution in [0.15, 0.2) is 162 Å². The van der Waals surface area contributed by atoms with Gasteiger partial charge in [0.2, 0.25) is 0 Å². The average molecular weight is 1290 g/mol. The molecule has 91 heavy (non-hydrogen) atoms. The monoisotopic (exact) mass is 1290 g/mol. The molecule has 13 rings (SSSR count). The van der Waals surface area contributed by atoms with Gasteiger partial charge in [0, 0.05) is 79.0 Å². The maximum Gasteiger partial charge on any atom is 0.337 e. The molecule has 0 fully saturated rings. The lowest BCUT2D eigenvalue weighted by molar-refractivity contribution is -0.116. The number of nitrogens with two attached hydrogens (primary N) is 1. The molecule has 0 spiro atoms. The number of aromatic amines is 4. The maximum absolute atomic E-state index is 13.4. The molecule has 18 nitrogen and oxygen atoms in total. The van der Waals surface area contributed by atoms with Crippen molar-refractivity contribution >= 4 is 137 Å². The van der Waals surface area contributed by atoms with Crippen LogP contribution >= 0.6 is 47.5 Å². The number of Topliss-reactive ketones (excluding diaryl/α,β-unsaturated/α-hetero) is 6. The number of nitrogens with zero attached hydrogens (tertiary/aromatic N) is 5. The highest BCUT2D eigenvalue weighted by atomic mass is 32.1. The van der Waals surface area contributed by atoms with Crippen molar-refractivity contribution in [1.82, 2.24) is 39.9 Å². The first-order valence-electron chi connectivity index (χ1n) is 27.3. The van der Waals surface area contributed by atoms with Crippen molar-refractivity contribution in [2.45, 2.75) is 47.0 Å². The van der Waals surface area contributed by atoms with E-state index in [1.165, 1.54) is 98.1 Å². The van der Waals surface area contributed by atoms with E-state index < -0.39 is 17.6 Å². The Bertz CT molecular complexity index is 4590. The van der Waals surface area contributed by atoms with Crippen LogP contribution in [0.4, 0.5) is 13.8 Å². The van der Waals surface area contributed by atoms with Crippen LogP contribution in [-0.2, 0) is 17.6 Å². The first kappa shape index (κ1) is 66.2. The fourth-order valence-electron chi connectivity index (χ4n) is 9.23. The predicted molar refractivity (Wildman–Crippen MR) is 356 cm³/mol. The minimum absolute atomic E-state index is 0. The molecule has 0 atom stereocenters. The minimum atomic E-state index is -1.13. The highest BCUT2D eigenvalue weighted by Crippen LogP contribution is 2.36. The van der Waals surface area contributed by atoms with Crippen LogP contribution in [0.2, 0.25) is 0 Å². The van der Waals surface area contributed by atoms with E-state index in [1.54, 1.807) is 17.5 Å². The van der Waals surface area contributed by atoms with E-state index in [2.05, 4.69) is 39.9 Å². The number of thiophene rings is 3. The molecule has 0 bridgehead atoms. The molecule has 7 heterocycles. The molecule has 0 saturated carbocycles. The van der Waals surface area contributed by atoms with Crippen molar-refractivity contribution in [3.63, 3.8) is 0 Å². The number of hydrogen-bond acceptors (Lipinski definition) is 16. The normalized spacial score (nSPS) is 10.5. The minimum Gasteiger partial charge on any atom is -0.478 e. The number of fused-ring (bicyclic) bond motifs is 4. The summed E-state index contributed by atoms with van der Waals surface area (Å²) in [5.41, 5.74) is 16.1. The van der Waals surface area contributed by atoms with Gasteiger partial charge >= 0.3 is 5.97 Å². The van der Waals surface area contributed by atoms with Crippen LogP contribution in [0.5, 0.6) is 0 Å². The molecule has 13 aromatic rings. The van der Waals surface area contributed by atoms with Gasteiger partial charge in [-0.1, -0.05) is 72.8 Å². The van der Waals surface area contributed by atoms with E-state index in [0.717, 1.165) is 55.8 Å². The number of H-pyrrole nitrogens is 4. The second-order valence-electron chi connectivity index (χ2n) is 19.9. The maximum atomic E-state index is 13.4. The molecular weight excluding hydrogens is 1240 g/mol. The number of para-hydroxylation sites is 8. The lowest BCUT2D eigenvalue weighted by Gasteiger charge is -2.04. The number of ketones is 6. The predicted octanol–water partition coefficient (Wildman–Crippen LogP) is 15.1. The molecule has 0 unspecified atom stereocenters. The zero-order valence-corrected chi connectivity index (χ0v) is 52.3. The van der Waals surface area contributed by atoms with Crippen molar-refractivity contribution in [2.24, 2.45) is 0 Å². The number of nitriles is 1. The van der Waals surface area contributed by atoms with E-state index in [9.17, 15) is 47.4 Å². The molecule has 0 amide bonds. The van der Waals surface area contributed by atoms with Crippen molar-refractivity contribution in [3.8, 4) is 40.2 Å². The average Bonchev–Trinajstić information content (AvgIpc) is 1.72. The van der Waals surface area contributed by atoms with Crippen LogP contribution in [0.1, 0.15) is 106 Å². The summed E-state index contributed by atoms with van der Waals surface area (Å²) in [6.45, 7) is 5.88. The first-order valence-corrected chi connectivity index (χ1v) is 30.0. The molecule has 7 N–H and O–H groups in total. The van der Waals surface area contributed by atoms with Crippen LogP contribution < -0.4 is 5.73 Å². The van der Waals surface area contributed by atoms with Gasteiger partial charge in [-0.05, 0) is 93.6 Å². The number of anilines is 1. The van der Waals surface area contributed by atoms with E-state index >= 15 is 0 Å². The molecule has 0 saturated heterocycles. The van der Waals surface area contributed by atoms with Gasteiger partial charge in [0.05, 0.1) is 72.8 Å². The summed E-state index contributed by atoms with van der Waals surface area (Å²) in [5, 5.41) is 23.4. The number of carboxylic acid groups (broad SMARTS) is 1. The highest BCUT2D eigenvalue weighted by Gasteiger charge is 2.25. The molecule has 7 aromatic heterocycles. The molecule has 6 aromatic carbocycles. The van der Waals surface area contributed by atoms with Crippen LogP contribution in [-0.4, -0.2) is 85.6 Å². The van der Waals surface area contributed by atoms with Gasteiger partial charge < -0.3 is 30.8 Å². The van der Waals surface area contributed by atoms with Crippen molar-refractivity contribution in [1.29, 1.82) is 5.26 Å². The van der Waals surface area contributed by atoms with Gasteiger partial charge in [-0.15, -0.1) is 34.0 Å². The number of imidazole rings is 4. The largest absolute Gasteiger partial charge is 0.478 e. The number of carbonyl (C=O) groups is 7. The summed E-state index contributed by atoms with van der Waals surface area (Å²) >= 11 is 3.88. The zero-order valence-electron chi connectivity index (χ0n) is 48.8. The number of hydrogen-bond donors (Lipinski definition) is 6. The summed E-state index contributed by atoms with van der Waals surface area (Å²) in [4.78, 5) is 113. The van der Waals surface area contributed by atoms with Crippen molar-refractivity contribution < 1.29 is 47.4 Å². The number of rotatable bonds is 14. The Morgan fingerprint density at radius 3 is 1.22 bits per heavy atom. The van der Waals surface area contributed by atoms with Gasteiger partial charge in [-0.25, -0.2) is 33.5 Å². The van der Waals surface area contributed by atoms with Gasteiger partial charge in [0.25, 0.3) is 0 Å². The number of benzene rings is 6. The molecule has 24 heteroatoms. The molecule has 458 valence electrons. The molecule has 0 aliphatic rings. The third kappa shape index (κ3) is 16.1. The summed E-state index contributed by atoms with van der Waals surface area (Å²) in [6.07, 6.45) is -0.0285. The van der Waals surface area contributed by atoms with Crippen LogP contribution in [0.3, 0.4) is 0 Å². The third-order valence-electron chi connectivity index (χ3n) is 13.4. The van der Waals surface area contributed by atoms with Crippen LogP contribution in [0, 0.1) is 23.0 Å². The van der Waals surface area contributed by atoms with E-state index in [1.807, 2.05) is 108 Å². The number of halogens is 2. The van der Waals surface area contributed by atoms with E-state index in [0.29, 0.717) is 65.9 Å². The van der Waals surface area contributed by atoms with Gasteiger partial charge in [0.15, 0.2) is 34.7 Å². The van der Waals surface area contributed by atoms with E-state index in [-0.39, 0.29) is 78.6 Å². The third-order valence-corrected chi connectivity index (χ3v) is 16.2. The Morgan fingerprint density at radius 2 is 0.868 bits per heavy atom. The summed E-state index contributed by atoms with van der Waals surface area (Å²) in [5.74, 6) is -0.780.